The molecule has 0 N–H and O–H groups in total. The third kappa shape index (κ3) is 4.45. The van der Waals surface area contributed by atoms with Crippen LogP contribution in [0.5, 0.6) is 0 Å². The molecule has 0 amide bonds. The Labute approximate surface area is 276 Å². The van der Waals surface area contributed by atoms with E-state index in [9.17, 15) is 0 Å². The lowest BCUT2D eigenvalue weighted by Crippen LogP contribution is -2.32. The molecule has 0 saturated carbocycles. The highest BCUT2D eigenvalue weighted by atomic mass is 15.2. The fraction of sp³-hybridized carbons (Fsp3) is 0.159. The molecule has 228 valence electrons. The van der Waals surface area contributed by atoms with Gasteiger partial charge in [-0.2, -0.15) is 0 Å². The number of benzene rings is 4. The zero-order chi connectivity index (χ0) is 31.5. The van der Waals surface area contributed by atoms with Crippen LogP contribution in [-0.4, -0.2) is 15.6 Å². The molecule has 3 nitrogen and oxygen atoms in total. The van der Waals surface area contributed by atoms with E-state index in [4.69, 9.17) is 4.98 Å². The van der Waals surface area contributed by atoms with Crippen LogP contribution in [0.25, 0.3) is 39.4 Å². The third-order valence-electron chi connectivity index (χ3n) is 10.4. The van der Waals surface area contributed by atoms with Crippen molar-refractivity contribution in [2.75, 3.05) is 4.90 Å². The first-order chi connectivity index (χ1) is 23.1. The number of hydrogen-bond donors (Lipinski definition) is 0. The van der Waals surface area contributed by atoms with Gasteiger partial charge in [0, 0.05) is 39.6 Å². The van der Waals surface area contributed by atoms with Gasteiger partial charge in [0.2, 0.25) is 0 Å². The Kier molecular flexibility index (Phi) is 6.43. The van der Waals surface area contributed by atoms with Gasteiger partial charge in [-0.1, -0.05) is 105 Å². The molecular weight excluding hydrogens is 571 g/mol. The number of fused-ring (bicyclic) bond motifs is 6. The van der Waals surface area contributed by atoms with Gasteiger partial charge in [-0.15, -0.1) is 0 Å². The normalized spacial score (nSPS) is 17.4. The Morgan fingerprint density at radius 3 is 2.43 bits per heavy atom. The van der Waals surface area contributed by atoms with E-state index in [1.807, 2.05) is 12.3 Å². The summed E-state index contributed by atoms with van der Waals surface area (Å²) in [7, 11) is 0. The molecule has 0 spiro atoms. The molecule has 47 heavy (non-hydrogen) atoms. The maximum absolute atomic E-state index is 4.84. The van der Waals surface area contributed by atoms with Crippen LogP contribution in [0, 0.1) is 0 Å². The van der Waals surface area contributed by atoms with Crippen molar-refractivity contribution in [3.05, 3.63) is 168 Å². The molecule has 6 aromatic rings. The van der Waals surface area contributed by atoms with Crippen molar-refractivity contribution in [3.63, 3.8) is 0 Å². The number of allylic oxidation sites excluding steroid dienone is 3. The summed E-state index contributed by atoms with van der Waals surface area (Å²) >= 11 is 0. The van der Waals surface area contributed by atoms with Gasteiger partial charge in [0.1, 0.15) is 5.82 Å². The van der Waals surface area contributed by atoms with Crippen LogP contribution in [0.1, 0.15) is 49.1 Å². The minimum Gasteiger partial charge on any atom is -0.319 e. The standard InChI is InChI=1S/C44H37N3/c1-44(2)39-16-8-6-14-35(39)36-25-24-34(29-40(36)44)46(43-18-10-11-27-45-43)33-22-19-30(20-23-33)31-21-26-42-38(28-31)37-15-7-9-17-41(37)47(42)32-12-4-3-5-13-32/h3-8,10-16,18-23,25-29,34H,9,17,24H2,1-2H3. The minimum atomic E-state index is -0.0345. The summed E-state index contributed by atoms with van der Waals surface area (Å²) < 4.78 is 2.45. The van der Waals surface area contributed by atoms with Gasteiger partial charge in [0.05, 0.1) is 11.6 Å². The number of para-hydroxylation sites is 1. The van der Waals surface area contributed by atoms with Gasteiger partial charge >= 0.3 is 0 Å². The summed E-state index contributed by atoms with van der Waals surface area (Å²) in [4.78, 5) is 7.25. The monoisotopic (exact) mass is 607 g/mol. The largest absolute Gasteiger partial charge is 0.319 e. The molecule has 9 rings (SSSR count). The summed E-state index contributed by atoms with van der Waals surface area (Å²) in [6.45, 7) is 4.72. The molecule has 0 saturated heterocycles. The van der Waals surface area contributed by atoms with E-state index >= 15 is 0 Å². The van der Waals surface area contributed by atoms with Crippen LogP contribution in [0.15, 0.2) is 145 Å². The van der Waals surface area contributed by atoms with Gasteiger partial charge in [-0.25, -0.2) is 4.98 Å². The van der Waals surface area contributed by atoms with E-state index in [0.717, 1.165) is 30.8 Å². The topological polar surface area (TPSA) is 21.1 Å². The van der Waals surface area contributed by atoms with E-state index in [0.29, 0.717) is 0 Å². The molecule has 3 aliphatic rings. The molecule has 3 aliphatic carbocycles. The number of aromatic nitrogens is 2. The SMILES string of the molecule is CC1(C)C2=CC(N(c3ccc(-c4ccc5c(c4)c4c(n5-c5ccccc5)CCC=C4)cc3)c3ccccn3)CC=C2c2ccccc21. The number of hydrogen-bond acceptors (Lipinski definition) is 2. The fourth-order valence-electron chi connectivity index (χ4n) is 8.16. The van der Waals surface area contributed by atoms with Crippen LogP contribution in [0.2, 0.25) is 0 Å². The first-order valence-electron chi connectivity index (χ1n) is 16.8. The lowest BCUT2D eigenvalue weighted by molar-refractivity contribution is 0.644. The van der Waals surface area contributed by atoms with Crippen LogP contribution < -0.4 is 4.90 Å². The van der Waals surface area contributed by atoms with E-state index in [1.165, 1.54) is 61.2 Å². The number of anilines is 2. The van der Waals surface area contributed by atoms with Gasteiger partial charge in [0.15, 0.2) is 0 Å². The molecular formula is C44H37N3. The first kappa shape index (κ1) is 27.9. The second-order valence-corrected chi connectivity index (χ2v) is 13.5. The fourth-order valence-corrected chi connectivity index (χ4v) is 8.16. The predicted octanol–water partition coefficient (Wildman–Crippen LogP) is 10.9. The maximum atomic E-state index is 4.84. The summed E-state index contributed by atoms with van der Waals surface area (Å²) in [5.74, 6) is 0.967. The van der Waals surface area contributed by atoms with Gasteiger partial charge in [-0.05, 0) is 101 Å². The van der Waals surface area contributed by atoms with Crippen molar-refractivity contribution in [1.29, 1.82) is 0 Å². The van der Waals surface area contributed by atoms with Crippen molar-refractivity contribution in [2.45, 2.75) is 44.6 Å². The van der Waals surface area contributed by atoms with E-state index in [2.05, 4.69) is 157 Å². The summed E-state index contributed by atoms with van der Waals surface area (Å²) in [6.07, 6.45) is 14.5. The first-order valence-corrected chi connectivity index (χ1v) is 16.8. The minimum absolute atomic E-state index is 0.0345. The molecule has 3 heteroatoms. The lowest BCUT2D eigenvalue weighted by Gasteiger charge is -2.35. The Morgan fingerprint density at radius 1 is 0.809 bits per heavy atom. The van der Waals surface area contributed by atoms with Gasteiger partial charge < -0.3 is 9.47 Å². The molecule has 2 heterocycles. The average molecular weight is 608 g/mol. The third-order valence-corrected chi connectivity index (χ3v) is 10.4. The van der Waals surface area contributed by atoms with Crippen LogP contribution in [0.3, 0.4) is 0 Å². The van der Waals surface area contributed by atoms with E-state index in [1.54, 1.807) is 0 Å². The van der Waals surface area contributed by atoms with Crippen LogP contribution in [0.4, 0.5) is 11.5 Å². The second-order valence-electron chi connectivity index (χ2n) is 13.5. The molecule has 0 aliphatic heterocycles. The molecule has 0 radical (unpaired) electrons. The van der Waals surface area contributed by atoms with Crippen molar-refractivity contribution in [3.8, 4) is 16.8 Å². The predicted molar refractivity (Wildman–Crippen MR) is 196 cm³/mol. The Hall–Kier alpha value is -5.41. The Morgan fingerprint density at radius 2 is 1.60 bits per heavy atom. The lowest BCUT2D eigenvalue weighted by atomic mass is 9.79. The summed E-state index contributed by atoms with van der Waals surface area (Å²) in [6, 6.07) is 42.1. The van der Waals surface area contributed by atoms with Crippen LogP contribution in [-0.2, 0) is 11.8 Å². The van der Waals surface area contributed by atoms with Crippen molar-refractivity contribution < 1.29 is 0 Å². The number of rotatable bonds is 5. The quantitative estimate of drug-likeness (QED) is 0.194. The average Bonchev–Trinajstić information content (AvgIpc) is 3.58. The van der Waals surface area contributed by atoms with E-state index < -0.39 is 0 Å². The Balaban J connectivity index is 1.10. The highest BCUT2D eigenvalue weighted by molar-refractivity contribution is 5.96. The second kappa shape index (κ2) is 10.8. The van der Waals surface area contributed by atoms with Gasteiger partial charge in [0.25, 0.3) is 0 Å². The summed E-state index contributed by atoms with van der Waals surface area (Å²) in [5.41, 5.74) is 14.4. The van der Waals surface area contributed by atoms with Crippen molar-refractivity contribution >= 4 is 34.1 Å². The highest BCUT2D eigenvalue weighted by Crippen LogP contribution is 2.52. The zero-order valence-corrected chi connectivity index (χ0v) is 26.9. The smallest absolute Gasteiger partial charge is 0.133 e. The molecule has 4 aromatic carbocycles. The molecule has 1 unspecified atom stereocenters. The number of nitrogens with zero attached hydrogens (tertiary/aromatic N) is 3. The van der Waals surface area contributed by atoms with Crippen LogP contribution >= 0.6 is 0 Å². The molecule has 0 fully saturated rings. The Bertz CT molecular complexity index is 2230. The maximum Gasteiger partial charge on any atom is 0.133 e. The van der Waals surface area contributed by atoms with E-state index in [-0.39, 0.29) is 11.5 Å². The summed E-state index contributed by atoms with van der Waals surface area (Å²) in [5, 5.41) is 1.31. The molecule has 2 aromatic heterocycles. The van der Waals surface area contributed by atoms with Crippen molar-refractivity contribution in [1.82, 2.24) is 9.55 Å². The number of pyridine rings is 1. The molecule has 0 bridgehead atoms. The van der Waals surface area contributed by atoms with Crippen molar-refractivity contribution in [2.24, 2.45) is 0 Å². The zero-order valence-electron chi connectivity index (χ0n) is 26.9. The van der Waals surface area contributed by atoms with Gasteiger partial charge in [-0.3, -0.25) is 0 Å². The highest BCUT2D eigenvalue weighted by Gasteiger charge is 2.40. The molecule has 1 atom stereocenters.